The molecular weight excluding hydrogens is 250 g/mol. The average Bonchev–Trinajstić information content (AvgIpc) is 2.82. The minimum atomic E-state index is 0.0394. The molecule has 1 aromatic heterocycles. The van der Waals surface area contributed by atoms with Gasteiger partial charge in [0.25, 0.3) is 0 Å². The van der Waals surface area contributed by atoms with Crippen LogP contribution in [-0.4, -0.2) is 23.4 Å². The molecule has 0 saturated carbocycles. The van der Waals surface area contributed by atoms with Crippen molar-refractivity contribution in [2.24, 2.45) is 16.5 Å². The van der Waals surface area contributed by atoms with E-state index in [2.05, 4.69) is 15.3 Å². The van der Waals surface area contributed by atoms with E-state index in [9.17, 15) is 4.79 Å². The molecule has 18 heavy (non-hydrogen) atoms. The highest BCUT2D eigenvalue weighted by atomic mass is 32.1. The molecule has 0 aliphatic carbocycles. The Morgan fingerprint density at radius 3 is 2.39 bits per heavy atom. The first-order valence-corrected chi connectivity index (χ1v) is 6.62. The van der Waals surface area contributed by atoms with Gasteiger partial charge < -0.3 is 16.8 Å². The molecule has 6 nitrogen and oxygen atoms in total. The van der Waals surface area contributed by atoms with Crippen LogP contribution in [0.25, 0.3) is 0 Å². The van der Waals surface area contributed by atoms with Gasteiger partial charge in [-0.25, -0.2) is 9.98 Å². The van der Waals surface area contributed by atoms with Crippen LogP contribution in [0, 0.1) is 0 Å². The summed E-state index contributed by atoms with van der Waals surface area (Å²) in [6.07, 6.45) is 1.72. The van der Waals surface area contributed by atoms with Crippen molar-refractivity contribution < 1.29 is 4.79 Å². The highest BCUT2D eigenvalue weighted by Crippen LogP contribution is 2.04. The molecule has 0 fully saturated rings. The first kappa shape index (κ1) is 18.7. The summed E-state index contributed by atoms with van der Waals surface area (Å²) in [6, 6.07) is 0. The highest BCUT2D eigenvalue weighted by Gasteiger charge is 1.90. The SMILES string of the molecule is CC.CCNC(C)=O.NC(N)=NCc1nccs1. The van der Waals surface area contributed by atoms with Gasteiger partial charge in [-0.1, -0.05) is 13.8 Å². The summed E-state index contributed by atoms with van der Waals surface area (Å²) in [5, 5.41) is 5.38. The Morgan fingerprint density at radius 2 is 2.11 bits per heavy atom. The molecule has 1 rings (SSSR count). The third-order valence-corrected chi connectivity index (χ3v) is 2.07. The van der Waals surface area contributed by atoms with Gasteiger partial charge >= 0.3 is 0 Å². The van der Waals surface area contributed by atoms with Gasteiger partial charge in [0.1, 0.15) is 5.01 Å². The normalized spacial score (nSPS) is 8.00. The number of aromatic nitrogens is 1. The van der Waals surface area contributed by atoms with Gasteiger partial charge in [0.2, 0.25) is 5.91 Å². The molecule has 0 atom stereocenters. The van der Waals surface area contributed by atoms with E-state index in [-0.39, 0.29) is 11.9 Å². The molecule has 0 bridgehead atoms. The van der Waals surface area contributed by atoms with E-state index >= 15 is 0 Å². The Hall–Kier alpha value is -1.63. The Morgan fingerprint density at radius 1 is 1.50 bits per heavy atom. The van der Waals surface area contributed by atoms with Gasteiger partial charge in [-0.05, 0) is 6.92 Å². The fraction of sp³-hybridized carbons (Fsp3) is 0.545. The summed E-state index contributed by atoms with van der Waals surface area (Å²) in [6.45, 7) is 8.61. The summed E-state index contributed by atoms with van der Waals surface area (Å²) in [5.41, 5.74) is 10.2. The zero-order valence-electron chi connectivity index (χ0n) is 11.4. The number of aliphatic imine (C=N–C) groups is 1. The summed E-state index contributed by atoms with van der Waals surface area (Å²) in [4.78, 5) is 17.7. The average molecular weight is 273 g/mol. The van der Waals surface area contributed by atoms with Gasteiger partial charge in [0, 0.05) is 25.0 Å². The number of nitrogens with zero attached hydrogens (tertiary/aromatic N) is 2. The van der Waals surface area contributed by atoms with E-state index < -0.39 is 0 Å². The number of thiazole rings is 1. The first-order valence-electron chi connectivity index (χ1n) is 5.74. The monoisotopic (exact) mass is 273 g/mol. The molecule has 104 valence electrons. The number of rotatable bonds is 3. The molecule has 0 aliphatic rings. The largest absolute Gasteiger partial charge is 0.370 e. The second kappa shape index (κ2) is 13.4. The Bertz CT molecular complexity index is 320. The number of guanidine groups is 1. The third kappa shape index (κ3) is 14.4. The van der Waals surface area contributed by atoms with Crippen molar-refractivity contribution in [1.82, 2.24) is 10.3 Å². The second-order valence-corrected chi connectivity index (χ2v) is 3.73. The van der Waals surface area contributed by atoms with Crippen LogP contribution < -0.4 is 16.8 Å². The minimum Gasteiger partial charge on any atom is -0.370 e. The second-order valence-electron chi connectivity index (χ2n) is 2.75. The Kier molecular flexibility index (Phi) is 14.0. The zero-order valence-corrected chi connectivity index (χ0v) is 12.3. The number of hydrogen-bond donors (Lipinski definition) is 3. The van der Waals surface area contributed by atoms with Crippen molar-refractivity contribution in [3.8, 4) is 0 Å². The highest BCUT2D eigenvalue weighted by molar-refractivity contribution is 7.09. The molecule has 0 spiro atoms. The quantitative estimate of drug-likeness (QED) is 0.566. The fourth-order valence-corrected chi connectivity index (χ4v) is 1.28. The van der Waals surface area contributed by atoms with Crippen molar-refractivity contribution in [2.75, 3.05) is 6.54 Å². The molecule has 7 heteroatoms. The fourth-order valence-electron chi connectivity index (χ4n) is 0.739. The molecule has 1 amide bonds. The van der Waals surface area contributed by atoms with Crippen molar-refractivity contribution in [3.63, 3.8) is 0 Å². The maximum Gasteiger partial charge on any atom is 0.216 e. The molecule has 5 N–H and O–H groups in total. The number of nitrogens with two attached hydrogens (primary N) is 2. The lowest BCUT2D eigenvalue weighted by molar-refractivity contribution is -0.118. The van der Waals surface area contributed by atoms with Gasteiger partial charge in [-0.3, -0.25) is 4.79 Å². The van der Waals surface area contributed by atoms with Crippen LogP contribution in [0.1, 0.15) is 32.7 Å². The molecule has 1 aromatic rings. The number of hydrogen-bond acceptors (Lipinski definition) is 4. The van der Waals surface area contributed by atoms with Crippen LogP contribution in [0.2, 0.25) is 0 Å². The van der Waals surface area contributed by atoms with Crippen LogP contribution >= 0.6 is 11.3 Å². The predicted molar refractivity (Wildman–Crippen MR) is 77.3 cm³/mol. The van der Waals surface area contributed by atoms with E-state index in [1.165, 1.54) is 18.3 Å². The van der Waals surface area contributed by atoms with Gasteiger partial charge in [0.05, 0.1) is 6.54 Å². The van der Waals surface area contributed by atoms with Crippen LogP contribution in [0.15, 0.2) is 16.6 Å². The molecule has 0 aliphatic heterocycles. The third-order valence-electron chi connectivity index (χ3n) is 1.31. The van der Waals surface area contributed by atoms with E-state index in [4.69, 9.17) is 11.5 Å². The van der Waals surface area contributed by atoms with Crippen molar-refractivity contribution in [3.05, 3.63) is 16.6 Å². The standard InChI is InChI=1S/C5H8N4S.C4H9NO.C2H6/c6-5(7)9-3-4-8-1-2-10-4;1-3-5-4(2)6;1-2/h1-2H,3H2,(H4,6,7,9);3H2,1-2H3,(H,5,6);1-2H3. The Labute approximate surface area is 113 Å². The van der Waals surface area contributed by atoms with E-state index in [0.717, 1.165) is 11.6 Å². The smallest absolute Gasteiger partial charge is 0.216 e. The zero-order chi connectivity index (χ0) is 14.4. The molecule has 0 aromatic carbocycles. The van der Waals surface area contributed by atoms with Gasteiger partial charge in [0.15, 0.2) is 5.96 Å². The molecular formula is C11H23N5OS. The van der Waals surface area contributed by atoms with Crippen LogP contribution in [0.3, 0.4) is 0 Å². The first-order chi connectivity index (χ1) is 8.56. The molecule has 0 unspecified atom stereocenters. The minimum absolute atomic E-state index is 0.0394. The van der Waals surface area contributed by atoms with E-state index in [0.29, 0.717) is 6.54 Å². The summed E-state index contributed by atoms with van der Waals surface area (Å²) < 4.78 is 0. The maximum atomic E-state index is 9.93. The number of amides is 1. The van der Waals surface area contributed by atoms with Crippen LogP contribution in [0.5, 0.6) is 0 Å². The summed E-state index contributed by atoms with van der Waals surface area (Å²) >= 11 is 1.54. The molecule has 0 saturated heterocycles. The number of carbonyl (C=O) groups excluding carboxylic acids is 1. The lowest BCUT2D eigenvalue weighted by Crippen LogP contribution is -2.22. The maximum absolute atomic E-state index is 9.93. The van der Waals surface area contributed by atoms with E-state index in [1.54, 1.807) is 6.20 Å². The summed E-state index contributed by atoms with van der Waals surface area (Å²) in [5.74, 6) is 0.146. The lowest BCUT2D eigenvalue weighted by atomic mass is 10.6. The number of carbonyl (C=O) groups is 1. The van der Waals surface area contributed by atoms with Crippen molar-refractivity contribution >= 4 is 23.2 Å². The molecule has 0 radical (unpaired) electrons. The van der Waals surface area contributed by atoms with Crippen molar-refractivity contribution in [1.29, 1.82) is 0 Å². The van der Waals surface area contributed by atoms with Crippen LogP contribution in [-0.2, 0) is 11.3 Å². The molecule has 1 heterocycles. The van der Waals surface area contributed by atoms with E-state index in [1.807, 2.05) is 26.2 Å². The number of nitrogens with one attached hydrogen (secondary N) is 1. The topological polar surface area (TPSA) is 106 Å². The summed E-state index contributed by atoms with van der Waals surface area (Å²) in [7, 11) is 0. The van der Waals surface area contributed by atoms with Crippen LogP contribution in [0.4, 0.5) is 0 Å². The lowest BCUT2D eigenvalue weighted by Gasteiger charge is -1.88. The Balaban J connectivity index is 0. The predicted octanol–water partition coefficient (Wildman–Crippen LogP) is 1.09. The van der Waals surface area contributed by atoms with Crippen molar-refractivity contribution in [2.45, 2.75) is 34.2 Å². The van der Waals surface area contributed by atoms with Gasteiger partial charge in [-0.15, -0.1) is 11.3 Å². The van der Waals surface area contributed by atoms with Gasteiger partial charge in [-0.2, -0.15) is 0 Å².